The van der Waals surface area contributed by atoms with Crippen molar-refractivity contribution in [2.24, 2.45) is 0 Å². The highest BCUT2D eigenvalue weighted by atomic mass is 16.2. The largest absolute Gasteiger partial charge is 0.360 e. The molecule has 0 fully saturated rings. The minimum absolute atomic E-state index is 0.363. The van der Waals surface area contributed by atoms with Crippen LogP contribution in [-0.2, 0) is 4.79 Å². The van der Waals surface area contributed by atoms with E-state index in [0.717, 1.165) is 28.0 Å². The van der Waals surface area contributed by atoms with Crippen molar-refractivity contribution in [2.45, 2.75) is 13.8 Å². The molecule has 0 spiro atoms. The first-order valence-corrected chi connectivity index (χ1v) is 8.58. The van der Waals surface area contributed by atoms with Crippen LogP contribution in [-0.4, -0.2) is 26.5 Å². The van der Waals surface area contributed by atoms with Crippen LogP contribution >= 0.6 is 0 Å². The number of amides is 1. The number of fused-ring (bicyclic) bond motifs is 1. The first kappa shape index (κ1) is 16.8. The van der Waals surface area contributed by atoms with Gasteiger partial charge in [0, 0.05) is 28.5 Å². The van der Waals surface area contributed by atoms with Gasteiger partial charge in [-0.1, -0.05) is 18.2 Å². The lowest BCUT2D eigenvalue weighted by Gasteiger charge is -2.07. The van der Waals surface area contributed by atoms with E-state index in [-0.39, 0.29) is 0 Å². The van der Waals surface area contributed by atoms with Crippen molar-refractivity contribution in [2.75, 3.05) is 5.32 Å². The van der Waals surface area contributed by atoms with Crippen LogP contribution in [0.1, 0.15) is 21.7 Å². The highest BCUT2D eigenvalue weighted by Gasteiger charge is 2.20. The summed E-state index contributed by atoms with van der Waals surface area (Å²) in [6.07, 6.45) is 1.57. The highest BCUT2D eigenvalue weighted by Crippen LogP contribution is 2.19. The molecule has 1 amide bonds. The number of anilines is 1. The number of ketones is 1. The molecule has 6 nitrogen and oxygen atoms in total. The normalized spacial score (nSPS) is 10.9. The number of hydrogen-bond acceptors (Lipinski definition) is 3. The smallest absolute Gasteiger partial charge is 0.296 e. The van der Waals surface area contributed by atoms with Crippen LogP contribution in [0.5, 0.6) is 0 Å². The molecule has 2 N–H and O–H groups in total. The summed E-state index contributed by atoms with van der Waals surface area (Å²) >= 11 is 0. The van der Waals surface area contributed by atoms with Crippen molar-refractivity contribution in [3.63, 3.8) is 0 Å². The van der Waals surface area contributed by atoms with Crippen LogP contribution in [0.3, 0.4) is 0 Å². The van der Waals surface area contributed by atoms with E-state index in [9.17, 15) is 9.59 Å². The van der Waals surface area contributed by atoms with Gasteiger partial charge in [-0.15, -0.1) is 0 Å². The summed E-state index contributed by atoms with van der Waals surface area (Å²) in [5, 5.41) is 7.83. The lowest BCUT2D eigenvalue weighted by Crippen LogP contribution is -2.22. The van der Waals surface area contributed by atoms with Crippen LogP contribution in [0.4, 0.5) is 5.69 Å². The number of rotatable bonds is 4. The molecule has 0 bridgehead atoms. The average Bonchev–Trinajstić information content (AvgIpc) is 3.24. The Hall–Kier alpha value is -3.67. The molecule has 2 aromatic heterocycles. The lowest BCUT2D eigenvalue weighted by molar-refractivity contribution is -0.112. The highest BCUT2D eigenvalue weighted by molar-refractivity contribution is 6.48. The summed E-state index contributed by atoms with van der Waals surface area (Å²) in [4.78, 5) is 27.9. The second kappa shape index (κ2) is 6.57. The Morgan fingerprint density at radius 3 is 2.48 bits per heavy atom. The molecular weight excluding hydrogens is 340 g/mol. The van der Waals surface area contributed by atoms with E-state index in [1.807, 2.05) is 61.0 Å². The second-order valence-electron chi connectivity index (χ2n) is 6.42. The van der Waals surface area contributed by atoms with Gasteiger partial charge in [0.2, 0.25) is 0 Å². The van der Waals surface area contributed by atoms with Gasteiger partial charge in [0.15, 0.2) is 0 Å². The van der Waals surface area contributed by atoms with Crippen molar-refractivity contribution in [1.29, 1.82) is 0 Å². The molecule has 4 rings (SSSR count). The molecule has 2 aromatic carbocycles. The topological polar surface area (TPSA) is 79.8 Å². The maximum absolute atomic E-state index is 12.5. The van der Waals surface area contributed by atoms with E-state index in [0.29, 0.717) is 11.3 Å². The fourth-order valence-electron chi connectivity index (χ4n) is 3.15. The maximum Gasteiger partial charge on any atom is 0.296 e. The zero-order valence-electron chi connectivity index (χ0n) is 15.0. The Morgan fingerprint density at radius 2 is 1.78 bits per heavy atom. The second-order valence-corrected chi connectivity index (χ2v) is 6.42. The molecule has 0 saturated heterocycles. The van der Waals surface area contributed by atoms with Gasteiger partial charge in [-0.3, -0.25) is 9.59 Å². The molecule has 2 heterocycles. The molecule has 134 valence electrons. The van der Waals surface area contributed by atoms with Crippen LogP contribution in [0.2, 0.25) is 0 Å². The maximum atomic E-state index is 12.5. The van der Waals surface area contributed by atoms with Gasteiger partial charge in [-0.2, -0.15) is 5.10 Å². The predicted octanol–water partition coefficient (Wildman–Crippen LogP) is 3.79. The minimum Gasteiger partial charge on any atom is -0.360 e. The van der Waals surface area contributed by atoms with Gasteiger partial charge in [-0.05, 0) is 50.2 Å². The molecule has 0 saturated carbocycles. The number of para-hydroxylation sites is 1. The Labute approximate surface area is 155 Å². The molecule has 0 radical (unpaired) electrons. The summed E-state index contributed by atoms with van der Waals surface area (Å²) in [6.45, 7) is 3.92. The molecular formula is C21H18N4O2. The van der Waals surface area contributed by atoms with Crippen LogP contribution in [0, 0.1) is 13.8 Å². The van der Waals surface area contributed by atoms with Gasteiger partial charge < -0.3 is 10.3 Å². The van der Waals surface area contributed by atoms with Gasteiger partial charge in [0.25, 0.3) is 11.7 Å². The standard InChI is InChI=1S/C21H18N4O2/c1-13-11-14(2)25(24-13)16-9-7-15(8-10-16)23-21(27)20(26)18-12-22-19-6-4-3-5-17(18)19/h3-12,22H,1-2H3,(H,23,27). The van der Waals surface area contributed by atoms with E-state index in [1.54, 1.807) is 18.3 Å². The third-order valence-corrected chi connectivity index (χ3v) is 4.42. The molecule has 0 aliphatic heterocycles. The van der Waals surface area contributed by atoms with E-state index in [4.69, 9.17) is 0 Å². The molecule has 4 aromatic rings. The monoisotopic (exact) mass is 358 g/mol. The Balaban J connectivity index is 1.52. The number of aromatic nitrogens is 3. The third kappa shape index (κ3) is 3.13. The number of carbonyl (C=O) groups is 2. The average molecular weight is 358 g/mol. The summed E-state index contributed by atoms with van der Waals surface area (Å²) in [7, 11) is 0. The number of aromatic amines is 1. The van der Waals surface area contributed by atoms with Crippen molar-refractivity contribution in [3.8, 4) is 5.69 Å². The number of carbonyl (C=O) groups excluding carboxylic acids is 2. The fourth-order valence-corrected chi connectivity index (χ4v) is 3.15. The first-order chi connectivity index (χ1) is 13.0. The van der Waals surface area contributed by atoms with E-state index in [1.165, 1.54) is 0 Å². The molecule has 0 unspecified atom stereocenters. The third-order valence-electron chi connectivity index (χ3n) is 4.42. The number of nitrogens with one attached hydrogen (secondary N) is 2. The van der Waals surface area contributed by atoms with E-state index in [2.05, 4.69) is 15.4 Å². The van der Waals surface area contributed by atoms with Crippen molar-refractivity contribution >= 4 is 28.3 Å². The zero-order valence-corrected chi connectivity index (χ0v) is 15.0. The summed E-state index contributed by atoms with van der Waals surface area (Å²) in [5.41, 5.74) is 4.60. The molecule has 6 heteroatoms. The van der Waals surface area contributed by atoms with Gasteiger partial charge in [0.05, 0.1) is 16.9 Å². The summed E-state index contributed by atoms with van der Waals surface area (Å²) in [6, 6.07) is 16.6. The lowest BCUT2D eigenvalue weighted by atomic mass is 10.1. The predicted molar refractivity (Wildman–Crippen MR) is 104 cm³/mol. The first-order valence-electron chi connectivity index (χ1n) is 8.58. The zero-order chi connectivity index (χ0) is 19.0. The van der Waals surface area contributed by atoms with Crippen LogP contribution in [0.25, 0.3) is 16.6 Å². The number of aryl methyl sites for hydroxylation is 2. The van der Waals surface area contributed by atoms with Crippen molar-refractivity contribution in [1.82, 2.24) is 14.8 Å². The summed E-state index contributed by atoms with van der Waals surface area (Å²) in [5.74, 6) is -1.24. The minimum atomic E-state index is -0.668. The van der Waals surface area contributed by atoms with Gasteiger partial charge in [-0.25, -0.2) is 4.68 Å². The van der Waals surface area contributed by atoms with Crippen LogP contribution < -0.4 is 5.32 Å². The number of hydrogen-bond donors (Lipinski definition) is 2. The van der Waals surface area contributed by atoms with Crippen molar-refractivity contribution in [3.05, 3.63) is 77.7 Å². The van der Waals surface area contributed by atoms with Gasteiger partial charge in [0.1, 0.15) is 0 Å². The van der Waals surface area contributed by atoms with E-state index >= 15 is 0 Å². The Kier molecular flexibility index (Phi) is 4.08. The number of Topliss-reactive ketones (excluding diaryl/α,β-unsaturated/α-hetero) is 1. The van der Waals surface area contributed by atoms with Crippen LogP contribution in [0.15, 0.2) is 60.8 Å². The molecule has 0 aliphatic carbocycles. The molecule has 27 heavy (non-hydrogen) atoms. The molecule has 0 aliphatic rings. The number of H-pyrrole nitrogens is 1. The number of benzene rings is 2. The van der Waals surface area contributed by atoms with Gasteiger partial charge >= 0.3 is 0 Å². The number of nitrogens with zero attached hydrogens (tertiary/aromatic N) is 2. The Morgan fingerprint density at radius 1 is 1.04 bits per heavy atom. The quantitative estimate of drug-likeness (QED) is 0.430. The fraction of sp³-hybridized carbons (Fsp3) is 0.0952. The van der Waals surface area contributed by atoms with Crippen molar-refractivity contribution < 1.29 is 9.59 Å². The summed E-state index contributed by atoms with van der Waals surface area (Å²) < 4.78 is 1.83. The Bertz CT molecular complexity index is 1150. The van der Waals surface area contributed by atoms with E-state index < -0.39 is 11.7 Å². The SMILES string of the molecule is Cc1cc(C)n(-c2ccc(NC(=O)C(=O)c3c[nH]c4ccccc34)cc2)n1. The molecule has 0 atom stereocenters.